The minimum Gasteiger partial charge on any atom is -0.494 e. The minimum absolute atomic E-state index is 0.155. The maximum absolute atomic E-state index is 11.5. The van der Waals surface area contributed by atoms with Crippen molar-refractivity contribution >= 4 is 12.0 Å². The smallest absolute Gasteiger partial charge is 0.360 e. The Morgan fingerprint density at radius 1 is 1.33 bits per heavy atom. The molecule has 1 N–H and O–H groups in total. The molecule has 1 aromatic carbocycles. The zero-order valence-electron chi connectivity index (χ0n) is 12.1. The molecule has 2 aromatic rings. The molecule has 0 bridgehead atoms. The lowest BCUT2D eigenvalue weighted by molar-refractivity contribution is 0.0519. The van der Waals surface area contributed by atoms with E-state index in [0.29, 0.717) is 19.8 Å². The van der Waals surface area contributed by atoms with Gasteiger partial charge in [0.1, 0.15) is 12.0 Å². The molecule has 6 heteroatoms. The van der Waals surface area contributed by atoms with E-state index in [4.69, 9.17) is 13.9 Å². The first kappa shape index (κ1) is 14.9. The van der Waals surface area contributed by atoms with Gasteiger partial charge in [-0.1, -0.05) is 12.1 Å². The van der Waals surface area contributed by atoms with Gasteiger partial charge in [-0.2, -0.15) is 4.98 Å². The summed E-state index contributed by atoms with van der Waals surface area (Å²) in [5, 5.41) is 3.01. The number of esters is 1. The Labute approximate surface area is 123 Å². The average Bonchev–Trinajstić information content (AvgIpc) is 2.95. The fraction of sp³-hybridized carbons (Fsp3) is 0.333. The Balaban J connectivity index is 1.94. The number of nitrogens with zero attached hydrogens (tertiary/aromatic N) is 1. The van der Waals surface area contributed by atoms with Crippen molar-refractivity contribution in [3.05, 3.63) is 41.8 Å². The van der Waals surface area contributed by atoms with Gasteiger partial charge in [0.05, 0.1) is 13.2 Å². The summed E-state index contributed by atoms with van der Waals surface area (Å²) in [6.45, 7) is 5.12. The van der Waals surface area contributed by atoms with Gasteiger partial charge >= 0.3 is 5.97 Å². The molecule has 0 aliphatic rings. The lowest BCUT2D eigenvalue weighted by atomic mass is 10.2. The van der Waals surface area contributed by atoms with Gasteiger partial charge in [-0.15, -0.1) is 0 Å². The molecule has 112 valence electrons. The number of nitrogens with one attached hydrogen (secondary N) is 1. The number of hydrogen-bond acceptors (Lipinski definition) is 6. The predicted molar refractivity (Wildman–Crippen MR) is 77.4 cm³/mol. The number of carbonyl (C=O) groups is 1. The van der Waals surface area contributed by atoms with E-state index in [1.807, 2.05) is 31.2 Å². The van der Waals surface area contributed by atoms with Crippen LogP contribution in [-0.4, -0.2) is 24.2 Å². The molecule has 0 aliphatic heterocycles. The van der Waals surface area contributed by atoms with Crippen LogP contribution in [-0.2, 0) is 11.3 Å². The summed E-state index contributed by atoms with van der Waals surface area (Å²) in [6.07, 6.45) is 1.27. The third-order valence-electron chi connectivity index (χ3n) is 2.64. The molecular weight excluding hydrogens is 272 g/mol. The number of aromatic nitrogens is 1. The summed E-state index contributed by atoms with van der Waals surface area (Å²) < 4.78 is 15.5. The minimum atomic E-state index is -0.493. The standard InChI is InChI=1S/C15H18N2O4/c1-3-19-12-7-5-6-11(8-12)9-16-15-17-13(10-21-15)14(18)20-4-2/h5-8,10H,3-4,9H2,1-2H3,(H,16,17). The number of rotatable bonds is 7. The molecule has 6 nitrogen and oxygen atoms in total. The van der Waals surface area contributed by atoms with Crippen LogP contribution in [0.1, 0.15) is 29.9 Å². The predicted octanol–water partition coefficient (Wildman–Crippen LogP) is 2.86. The molecular formula is C15H18N2O4. The molecule has 1 aromatic heterocycles. The van der Waals surface area contributed by atoms with Crippen LogP contribution in [0.15, 0.2) is 34.9 Å². The van der Waals surface area contributed by atoms with E-state index in [9.17, 15) is 4.79 Å². The van der Waals surface area contributed by atoms with Crippen molar-refractivity contribution in [3.8, 4) is 5.75 Å². The van der Waals surface area contributed by atoms with Crippen LogP contribution in [0.5, 0.6) is 5.75 Å². The van der Waals surface area contributed by atoms with E-state index in [0.717, 1.165) is 11.3 Å². The highest BCUT2D eigenvalue weighted by molar-refractivity contribution is 5.87. The van der Waals surface area contributed by atoms with Gasteiger partial charge < -0.3 is 19.2 Å². The van der Waals surface area contributed by atoms with Gasteiger partial charge in [0.25, 0.3) is 6.01 Å². The first-order valence-corrected chi connectivity index (χ1v) is 6.81. The van der Waals surface area contributed by atoms with Crippen LogP contribution in [0.25, 0.3) is 0 Å². The molecule has 2 rings (SSSR count). The van der Waals surface area contributed by atoms with E-state index in [2.05, 4.69) is 10.3 Å². The molecule has 0 saturated carbocycles. The second-order valence-corrected chi connectivity index (χ2v) is 4.19. The Bertz CT molecular complexity index is 595. The Kier molecular flexibility index (Phi) is 5.20. The average molecular weight is 290 g/mol. The van der Waals surface area contributed by atoms with Crippen molar-refractivity contribution in [1.29, 1.82) is 0 Å². The maximum atomic E-state index is 11.5. The second kappa shape index (κ2) is 7.33. The van der Waals surface area contributed by atoms with Crippen LogP contribution in [0.3, 0.4) is 0 Å². The highest BCUT2D eigenvalue weighted by Gasteiger charge is 2.12. The summed E-state index contributed by atoms with van der Waals surface area (Å²) in [5.74, 6) is 0.323. The van der Waals surface area contributed by atoms with E-state index in [-0.39, 0.29) is 11.7 Å². The summed E-state index contributed by atoms with van der Waals surface area (Å²) >= 11 is 0. The maximum Gasteiger partial charge on any atom is 0.360 e. The molecule has 0 radical (unpaired) electrons. The second-order valence-electron chi connectivity index (χ2n) is 4.19. The number of carbonyl (C=O) groups excluding carboxylic acids is 1. The third-order valence-corrected chi connectivity index (χ3v) is 2.64. The molecule has 0 amide bonds. The first-order valence-electron chi connectivity index (χ1n) is 6.81. The fourth-order valence-electron chi connectivity index (χ4n) is 1.74. The number of ether oxygens (including phenoxy) is 2. The van der Waals surface area contributed by atoms with Gasteiger partial charge in [-0.05, 0) is 31.5 Å². The van der Waals surface area contributed by atoms with Crippen molar-refractivity contribution in [3.63, 3.8) is 0 Å². The summed E-state index contributed by atoms with van der Waals surface area (Å²) in [5.41, 5.74) is 1.18. The SMILES string of the molecule is CCOC(=O)c1coc(NCc2cccc(OCC)c2)n1. The van der Waals surface area contributed by atoms with Gasteiger partial charge in [0, 0.05) is 6.54 Å². The monoisotopic (exact) mass is 290 g/mol. The van der Waals surface area contributed by atoms with Crippen molar-refractivity contribution < 1.29 is 18.7 Å². The zero-order chi connectivity index (χ0) is 15.1. The van der Waals surface area contributed by atoms with Crippen LogP contribution < -0.4 is 10.1 Å². The molecule has 0 saturated heterocycles. The highest BCUT2D eigenvalue weighted by atomic mass is 16.5. The molecule has 0 unspecified atom stereocenters. The molecule has 21 heavy (non-hydrogen) atoms. The number of anilines is 1. The van der Waals surface area contributed by atoms with Crippen molar-refractivity contribution in [2.45, 2.75) is 20.4 Å². The number of oxazole rings is 1. The Hall–Kier alpha value is -2.50. The van der Waals surface area contributed by atoms with E-state index < -0.39 is 5.97 Å². The molecule has 0 spiro atoms. The van der Waals surface area contributed by atoms with E-state index >= 15 is 0 Å². The first-order chi connectivity index (χ1) is 10.2. The van der Waals surface area contributed by atoms with Crippen LogP contribution in [0.2, 0.25) is 0 Å². The Morgan fingerprint density at radius 3 is 2.95 bits per heavy atom. The third kappa shape index (κ3) is 4.24. The molecule has 0 aliphatic carbocycles. The van der Waals surface area contributed by atoms with E-state index in [1.54, 1.807) is 6.92 Å². The van der Waals surface area contributed by atoms with E-state index in [1.165, 1.54) is 6.26 Å². The number of hydrogen-bond donors (Lipinski definition) is 1. The molecule has 0 fully saturated rings. The quantitative estimate of drug-likeness (QED) is 0.790. The normalized spacial score (nSPS) is 10.2. The van der Waals surface area contributed by atoms with Gasteiger partial charge in [-0.25, -0.2) is 4.79 Å². The Morgan fingerprint density at radius 2 is 2.19 bits per heavy atom. The topological polar surface area (TPSA) is 73.6 Å². The van der Waals surface area contributed by atoms with Gasteiger partial charge in [0.2, 0.25) is 0 Å². The lowest BCUT2D eigenvalue weighted by Gasteiger charge is -2.06. The molecule has 0 atom stereocenters. The highest BCUT2D eigenvalue weighted by Crippen LogP contribution is 2.15. The van der Waals surface area contributed by atoms with Crippen molar-refractivity contribution in [2.24, 2.45) is 0 Å². The van der Waals surface area contributed by atoms with Crippen LogP contribution in [0.4, 0.5) is 6.01 Å². The zero-order valence-corrected chi connectivity index (χ0v) is 12.1. The van der Waals surface area contributed by atoms with Crippen molar-refractivity contribution in [1.82, 2.24) is 4.98 Å². The van der Waals surface area contributed by atoms with Crippen LogP contribution in [0, 0.1) is 0 Å². The summed E-state index contributed by atoms with van der Waals surface area (Å²) in [4.78, 5) is 15.5. The number of benzene rings is 1. The van der Waals surface area contributed by atoms with Crippen LogP contribution >= 0.6 is 0 Å². The van der Waals surface area contributed by atoms with Gasteiger partial charge in [0.15, 0.2) is 5.69 Å². The van der Waals surface area contributed by atoms with Crippen molar-refractivity contribution in [2.75, 3.05) is 18.5 Å². The largest absolute Gasteiger partial charge is 0.494 e. The lowest BCUT2D eigenvalue weighted by Crippen LogP contribution is -2.05. The summed E-state index contributed by atoms with van der Waals surface area (Å²) in [6, 6.07) is 7.99. The summed E-state index contributed by atoms with van der Waals surface area (Å²) in [7, 11) is 0. The fourth-order valence-corrected chi connectivity index (χ4v) is 1.74. The van der Waals surface area contributed by atoms with Gasteiger partial charge in [-0.3, -0.25) is 0 Å². The molecule has 1 heterocycles.